The zero-order valence-electron chi connectivity index (χ0n) is 10.0. The summed E-state index contributed by atoms with van der Waals surface area (Å²) in [4.78, 5) is 13.1. The first kappa shape index (κ1) is 13.1. The molecule has 0 aliphatic rings. The van der Waals surface area contributed by atoms with Crippen molar-refractivity contribution < 1.29 is 4.79 Å². The van der Waals surface area contributed by atoms with Crippen molar-refractivity contribution in [3.63, 3.8) is 0 Å². The predicted molar refractivity (Wildman–Crippen MR) is 79.1 cm³/mol. The van der Waals surface area contributed by atoms with Gasteiger partial charge in [0.1, 0.15) is 6.29 Å². The second-order valence-corrected chi connectivity index (χ2v) is 5.45. The summed E-state index contributed by atoms with van der Waals surface area (Å²) >= 11 is 7.54. The van der Waals surface area contributed by atoms with Crippen LogP contribution in [0.1, 0.15) is 18.2 Å². The molecule has 2 aromatic rings. The van der Waals surface area contributed by atoms with Crippen LogP contribution in [0.2, 0.25) is 5.02 Å². The van der Waals surface area contributed by atoms with Crippen molar-refractivity contribution in [1.82, 2.24) is 0 Å². The summed E-state index contributed by atoms with van der Waals surface area (Å²) in [5.41, 5.74) is 1.97. The minimum absolute atomic E-state index is 0.740. The first-order valence-corrected chi connectivity index (χ1v) is 6.94. The average Bonchev–Trinajstić information content (AvgIpc) is 2.85. The van der Waals surface area contributed by atoms with E-state index in [4.69, 9.17) is 11.6 Å². The summed E-state index contributed by atoms with van der Waals surface area (Å²) in [6.45, 7) is 1.98. The highest BCUT2D eigenvalue weighted by molar-refractivity contribution is 7.16. The lowest BCUT2D eigenvalue weighted by Crippen LogP contribution is -1.79. The summed E-state index contributed by atoms with van der Waals surface area (Å²) in [6, 6.07) is 11.9. The van der Waals surface area contributed by atoms with Crippen molar-refractivity contribution in [3.05, 3.63) is 51.9 Å². The molecule has 1 nitrogen and oxygen atoms in total. The molecule has 1 aromatic heterocycles. The van der Waals surface area contributed by atoms with Crippen LogP contribution in [0.3, 0.4) is 0 Å². The van der Waals surface area contributed by atoms with E-state index >= 15 is 0 Å². The third kappa shape index (κ3) is 3.09. The van der Waals surface area contributed by atoms with Gasteiger partial charge in [-0.3, -0.25) is 4.79 Å². The summed E-state index contributed by atoms with van der Waals surface area (Å²) in [5, 5.41) is 0.740. The molecule has 3 heteroatoms. The molecule has 0 aliphatic heterocycles. The van der Waals surface area contributed by atoms with Crippen molar-refractivity contribution in [2.75, 3.05) is 0 Å². The molecule has 92 valence electrons. The zero-order chi connectivity index (χ0) is 13.0. The van der Waals surface area contributed by atoms with E-state index in [9.17, 15) is 4.79 Å². The summed E-state index contributed by atoms with van der Waals surface area (Å²) in [7, 11) is 0. The standard InChI is InChI=1S/C15H13ClOS/c1-2-11(10-17)9-14-7-8-15(18-14)12-3-5-13(16)6-4-12/h3-10H,2H2,1H3. The van der Waals surface area contributed by atoms with Crippen molar-refractivity contribution >= 4 is 35.3 Å². The highest BCUT2D eigenvalue weighted by atomic mass is 35.5. The number of hydrogen-bond acceptors (Lipinski definition) is 2. The number of rotatable bonds is 4. The summed E-state index contributed by atoms with van der Waals surface area (Å²) < 4.78 is 0. The Bertz CT molecular complexity index is 566. The number of allylic oxidation sites excluding steroid dienone is 1. The van der Waals surface area contributed by atoms with Crippen molar-refractivity contribution in [3.8, 4) is 10.4 Å². The molecule has 1 heterocycles. The Kier molecular flexibility index (Phi) is 4.34. The number of carbonyl (C=O) groups excluding carboxylic acids is 1. The zero-order valence-corrected chi connectivity index (χ0v) is 11.6. The Morgan fingerprint density at radius 3 is 2.56 bits per heavy atom. The van der Waals surface area contributed by atoms with E-state index in [1.165, 1.54) is 4.88 Å². The largest absolute Gasteiger partial charge is 0.298 e. The third-order valence-corrected chi connectivity index (χ3v) is 3.98. The van der Waals surface area contributed by atoms with E-state index in [2.05, 4.69) is 6.07 Å². The molecule has 0 unspecified atom stereocenters. The SMILES string of the molecule is CCC(C=O)=Cc1ccc(-c2ccc(Cl)cc2)s1. The fourth-order valence-corrected chi connectivity index (χ4v) is 2.72. The highest BCUT2D eigenvalue weighted by Gasteiger charge is 2.02. The Labute approximate surface area is 116 Å². The van der Waals surface area contributed by atoms with Crippen LogP contribution < -0.4 is 0 Å². The van der Waals surface area contributed by atoms with Gasteiger partial charge < -0.3 is 0 Å². The molecular formula is C15H13ClOS. The molecule has 2 rings (SSSR count). The van der Waals surface area contributed by atoms with Crippen molar-refractivity contribution in [2.45, 2.75) is 13.3 Å². The lowest BCUT2D eigenvalue weighted by atomic mass is 10.2. The lowest BCUT2D eigenvalue weighted by Gasteiger charge is -1.96. The predicted octanol–water partition coefficient (Wildman–Crippen LogP) is 5.06. The molecule has 18 heavy (non-hydrogen) atoms. The first-order chi connectivity index (χ1) is 8.72. The molecule has 0 spiro atoms. The van der Waals surface area contributed by atoms with Gasteiger partial charge in [0.2, 0.25) is 0 Å². The van der Waals surface area contributed by atoms with Gasteiger partial charge in [0.05, 0.1) is 0 Å². The van der Waals surface area contributed by atoms with Crippen LogP contribution >= 0.6 is 22.9 Å². The molecule has 0 saturated heterocycles. The molecule has 0 radical (unpaired) electrons. The van der Waals surface area contributed by atoms with Gasteiger partial charge in [0.25, 0.3) is 0 Å². The Balaban J connectivity index is 2.28. The molecule has 0 N–H and O–H groups in total. The molecule has 0 amide bonds. The van der Waals surface area contributed by atoms with Crippen LogP contribution in [-0.4, -0.2) is 6.29 Å². The quantitative estimate of drug-likeness (QED) is 0.563. The van der Waals surface area contributed by atoms with Gasteiger partial charge in [0, 0.05) is 14.8 Å². The van der Waals surface area contributed by atoms with E-state index < -0.39 is 0 Å². The van der Waals surface area contributed by atoms with Gasteiger partial charge in [-0.15, -0.1) is 11.3 Å². The Morgan fingerprint density at radius 1 is 1.22 bits per heavy atom. The van der Waals surface area contributed by atoms with Crippen LogP contribution in [0.4, 0.5) is 0 Å². The molecule has 1 aromatic carbocycles. The Hall–Kier alpha value is -1.38. The smallest absolute Gasteiger partial charge is 0.146 e. The summed E-state index contributed by atoms with van der Waals surface area (Å²) in [6.07, 6.45) is 3.62. The van der Waals surface area contributed by atoms with Gasteiger partial charge in [-0.2, -0.15) is 0 Å². The van der Waals surface area contributed by atoms with Crippen LogP contribution in [0.15, 0.2) is 42.0 Å². The van der Waals surface area contributed by atoms with E-state index in [1.807, 2.05) is 43.3 Å². The average molecular weight is 277 g/mol. The maximum Gasteiger partial charge on any atom is 0.146 e. The van der Waals surface area contributed by atoms with Crippen LogP contribution in [0.5, 0.6) is 0 Å². The topological polar surface area (TPSA) is 17.1 Å². The maximum atomic E-state index is 10.8. The number of thiophene rings is 1. The van der Waals surface area contributed by atoms with Gasteiger partial charge in [-0.05, 0) is 47.9 Å². The molecule has 0 bridgehead atoms. The molecule has 0 atom stereocenters. The molecular weight excluding hydrogens is 264 g/mol. The van der Waals surface area contributed by atoms with Crippen LogP contribution in [0, 0.1) is 0 Å². The minimum Gasteiger partial charge on any atom is -0.298 e. The normalized spacial score (nSPS) is 11.6. The minimum atomic E-state index is 0.740. The molecule has 0 aliphatic carbocycles. The molecule has 0 saturated carbocycles. The third-order valence-electron chi connectivity index (χ3n) is 2.64. The molecule has 0 fully saturated rings. The number of halogens is 1. The van der Waals surface area contributed by atoms with Gasteiger partial charge in [0.15, 0.2) is 0 Å². The Morgan fingerprint density at radius 2 is 1.94 bits per heavy atom. The van der Waals surface area contributed by atoms with Gasteiger partial charge in [-0.25, -0.2) is 0 Å². The van der Waals surface area contributed by atoms with Crippen molar-refractivity contribution in [1.29, 1.82) is 0 Å². The number of carbonyl (C=O) groups is 1. The monoisotopic (exact) mass is 276 g/mol. The van der Waals surface area contributed by atoms with Gasteiger partial charge in [-0.1, -0.05) is 30.7 Å². The number of benzene rings is 1. The fourth-order valence-electron chi connectivity index (χ4n) is 1.60. The second kappa shape index (κ2) is 5.98. The van der Waals surface area contributed by atoms with E-state index in [-0.39, 0.29) is 0 Å². The van der Waals surface area contributed by atoms with Gasteiger partial charge >= 0.3 is 0 Å². The number of aldehydes is 1. The highest BCUT2D eigenvalue weighted by Crippen LogP contribution is 2.30. The second-order valence-electron chi connectivity index (χ2n) is 3.90. The van der Waals surface area contributed by atoms with Crippen LogP contribution in [-0.2, 0) is 4.79 Å². The van der Waals surface area contributed by atoms with E-state index in [0.29, 0.717) is 0 Å². The van der Waals surface area contributed by atoms with Crippen LogP contribution in [0.25, 0.3) is 16.5 Å². The fraction of sp³-hybridized carbons (Fsp3) is 0.133. The van der Waals surface area contributed by atoms with Crippen molar-refractivity contribution in [2.24, 2.45) is 0 Å². The first-order valence-electron chi connectivity index (χ1n) is 5.74. The number of hydrogen-bond donors (Lipinski definition) is 0. The van der Waals surface area contributed by atoms with E-state index in [1.54, 1.807) is 11.3 Å². The summed E-state index contributed by atoms with van der Waals surface area (Å²) in [5.74, 6) is 0. The van der Waals surface area contributed by atoms with E-state index in [0.717, 1.165) is 33.7 Å². The lowest BCUT2D eigenvalue weighted by molar-refractivity contribution is -0.104. The maximum absolute atomic E-state index is 10.8.